The highest BCUT2D eigenvalue weighted by Crippen LogP contribution is 2.48. The lowest BCUT2D eigenvalue weighted by Gasteiger charge is -2.31. The molecule has 1 heterocycles. The molecule has 1 aliphatic rings. The fourth-order valence-corrected chi connectivity index (χ4v) is 5.14. The molecule has 0 saturated carbocycles. The lowest BCUT2D eigenvalue weighted by Crippen LogP contribution is -2.33. The van der Waals surface area contributed by atoms with Gasteiger partial charge in [-0.2, -0.15) is 0 Å². The lowest BCUT2D eigenvalue weighted by atomic mass is 10.1. The molecule has 7 heteroatoms. The Morgan fingerprint density at radius 3 is 2.11 bits per heavy atom. The smallest absolute Gasteiger partial charge is 0.203 e. The van der Waals surface area contributed by atoms with Crippen LogP contribution in [-0.4, -0.2) is 52.6 Å². The van der Waals surface area contributed by atoms with Crippen molar-refractivity contribution in [1.29, 1.82) is 0 Å². The predicted octanol–water partition coefficient (Wildman–Crippen LogP) is 4.40. The van der Waals surface area contributed by atoms with E-state index in [1.807, 2.05) is 43.4 Å². The molecule has 0 amide bonds. The molecule has 0 spiro atoms. The maximum absolute atomic E-state index is 5.55. The van der Waals surface area contributed by atoms with Crippen LogP contribution in [0, 0.1) is 0 Å². The number of hydrogen-bond donors (Lipinski definition) is 0. The van der Waals surface area contributed by atoms with Gasteiger partial charge in [-0.1, -0.05) is 24.4 Å². The zero-order valence-electron chi connectivity index (χ0n) is 16.8. The van der Waals surface area contributed by atoms with Crippen molar-refractivity contribution in [3.05, 3.63) is 42.0 Å². The second kappa shape index (κ2) is 8.92. The highest BCUT2D eigenvalue weighted by atomic mass is 32.2. The summed E-state index contributed by atoms with van der Waals surface area (Å²) in [6, 6.07) is 12.8. The number of thiocarbonyl (C=S) groups is 1. The third-order valence-corrected chi connectivity index (χ3v) is 6.50. The summed E-state index contributed by atoms with van der Waals surface area (Å²) in [5.74, 6) is 2.80. The Morgan fingerprint density at radius 2 is 1.64 bits per heavy atom. The van der Waals surface area contributed by atoms with Gasteiger partial charge < -0.3 is 24.0 Å². The van der Waals surface area contributed by atoms with Gasteiger partial charge in [0.15, 0.2) is 11.5 Å². The Hall–Kier alpha value is -2.12. The first kappa shape index (κ1) is 20.6. The van der Waals surface area contributed by atoms with Crippen LogP contribution in [0.3, 0.4) is 0 Å². The zero-order valence-corrected chi connectivity index (χ0v) is 18.5. The van der Waals surface area contributed by atoms with E-state index in [1.54, 1.807) is 21.3 Å². The van der Waals surface area contributed by atoms with E-state index in [1.165, 1.54) is 11.3 Å². The summed E-state index contributed by atoms with van der Waals surface area (Å²) in [5, 5.41) is 1.99. The number of nitrogens with zero attached hydrogens (tertiary/aromatic N) is 2. The van der Waals surface area contributed by atoms with Crippen LogP contribution in [0.25, 0.3) is 0 Å². The summed E-state index contributed by atoms with van der Waals surface area (Å²) in [5.41, 5.74) is 3.41. The molecule has 0 N–H and O–H groups in total. The van der Waals surface area contributed by atoms with Crippen LogP contribution in [0.1, 0.15) is 10.9 Å². The molecule has 150 valence electrons. The lowest BCUT2D eigenvalue weighted by molar-refractivity contribution is 0.324. The van der Waals surface area contributed by atoms with Crippen LogP contribution in [0.2, 0.25) is 0 Å². The van der Waals surface area contributed by atoms with Crippen molar-refractivity contribution in [2.45, 2.75) is 11.4 Å². The summed E-state index contributed by atoms with van der Waals surface area (Å²) in [7, 11) is 8.97. The van der Waals surface area contributed by atoms with E-state index in [0.717, 1.165) is 11.4 Å². The average molecular weight is 419 g/mol. The fraction of sp³-hybridized carbons (Fsp3) is 0.381. The maximum Gasteiger partial charge on any atom is 0.203 e. The number of methoxy groups -OCH3 is 3. The van der Waals surface area contributed by atoms with Crippen LogP contribution in [0.4, 0.5) is 11.4 Å². The van der Waals surface area contributed by atoms with Crippen LogP contribution in [0.5, 0.6) is 17.2 Å². The molecule has 1 aliphatic heterocycles. The van der Waals surface area contributed by atoms with E-state index in [2.05, 4.69) is 34.1 Å². The zero-order chi connectivity index (χ0) is 20.3. The molecule has 0 radical (unpaired) electrons. The molecule has 2 aromatic carbocycles. The molecule has 0 bridgehead atoms. The van der Waals surface area contributed by atoms with Crippen LogP contribution >= 0.6 is 24.0 Å². The molecular formula is C21H26N2O3S2. The Labute approximate surface area is 176 Å². The van der Waals surface area contributed by atoms with Crippen molar-refractivity contribution in [3.8, 4) is 17.2 Å². The van der Waals surface area contributed by atoms with Gasteiger partial charge in [-0.15, -0.1) is 11.8 Å². The molecule has 28 heavy (non-hydrogen) atoms. The third kappa shape index (κ3) is 3.86. The highest BCUT2D eigenvalue weighted by molar-refractivity contribution is 8.00. The van der Waals surface area contributed by atoms with Gasteiger partial charge in [0.05, 0.1) is 27.4 Å². The van der Waals surface area contributed by atoms with Gasteiger partial charge in [-0.25, -0.2) is 0 Å². The first-order chi connectivity index (χ1) is 13.5. The summed E-state index contributed by atoms with van der Waals surface area (Å²) in [6.45, 7) is 0. The number of thioether (sulfide) groups is 1. The molecule has 2 aromatic rings. The topological polar surface area (TPSA) is 34.2 Å². The monoisotopic (exact) mass is 418 g/mol. The second-order valence-electron chi connectivity index (χ2n) is 6.67. The van der Waals surface area contributed by atoms with E-state index >= 15 is 0 Å². The fourth-order valence-electron chi connectivity index (χ4n) is 3.37. The van der Waals surface area contributed by atoms with Gasteiger partial charge in [-0.3, -0.25) is 0 Å². The molecule has 2 unspecified atom stereocenters. The molecule has 1 fully saturated rings. The minimum atomic E-state index is 0.140. The quantitative estimate of drug-likeness (QED) is 0.617. The van der Waals surface area contributed by atoms with Gasteiger partial charge in [0.1, 0.15) is 5.37 Å². The summed E-state index contributed by atoms with van der Waals surface area (Å²) >= 11 is 7.23. The number of hydrogen-bond acceptors (Lipinski definition) is 7. The van der Waals surface area contributed by atoms with Crippen molar-refractivity contribution in [3.63, 3.8) is 0 Å². The summed E-state index contributed by atoms with van der Waals surface area (Å²) in [6.07, 6.45) is 0. The van der Waals surface area contributed by atoms with Crippen molar-refractivity contribution >= 4 is 40.7 Å². The van der Waals surface area contributed by atoms with E-state index in [0.29, 0.717) is 17.2 Å². The number of anilines is 2. The molecule has 0 aromatic heterocycles. The van der Waals surface area contributed by atoms with Crippen molar-refractivity contribution < 1.29 is 14.2 Å². The molecule has 1 saturated heterocycles. The maximum atomic E-state index is 5.55. The Bertz CT molecular complexity index is 802. The molecule has 2 atom stereocenters. The molecule has 5 nitrogen and oxygen atoms in total. The SMILES string of the molecule is COc1cc(N2C(C=S)CSC2c2ccc(N(C)C)cc2)cc(OC)c1OC. The van der Waals surface area contributed by atoms with Gasteiger partial charge in [-0.05, 0) is 17.7 Å². The Morgan fingerprint density at radius 1 is 1.04 bits per heavy atom. The highest BCUT2D eigenvalue weighted by Gasteiger charge is 2.35. The van der Waals surface area contributed by atoms with Gasteiger partial charge >= 0.3 is 0 Å². The van der Waals surface area contributed by atoms with Crippen LogP contribution < -0.4 is 24.0 Å². The van der Waals surface area contributed by atoms with Gasteiger partial charge in [0.2, 0.25) is 5.75 Å². The van der Waals surface area contributed by atoms with E-state index in [9.17, 15) is 0 Å². The third-order valence-electron chi connectivity index (χ3n) is 4.83. The number of rotatable bonds is 7. The average Bonchev–Trinajstić information content (AvgIpc) is 3.16. The van der Waals surface area contributed by atoms with Crippen LogP contribution in [-0.2, 0) is 0 Å². The predicted molar refractivity (Wildman–Crippen MR) is 122 cm³/mol. The van der Waals surface area contributed by atoms with Gasteiger partial charge in [0.25, 0.3) is 0 Å². The first-order valence-electron chi connectivity index (χ1n) is 8.96. The second-order valence-corrected chi connectivity index (χ2v) is 8.05. The minimum absolute atomic E-state index is 0.140. The minimum Gasteiger partial charge on any atom is -0.493 e. The van der Waals surface area contributed by atoms with E-state index < -0.39 is 0 Å². The van der Waals surface area contributed by atoms with Gasteiger partial charge in [0, 0.05) is 48.7 Å². The summed E-state index contributed by atoms with van der Waals surface area (Å²) < 4.78 is 16.6. The van der Waals surface area contributed by atoms with E-state index in [4.69, 9.17) is 26.4 Å². The van der Waals surface area contributed by atoms with E-state index in [-0.39, 0.29) is 11.4 Å². The molecular weight excluding hydrogens is 392 g/mol. The molecule has 0 aliphatic carbocycles. The van der Waals surface area contributed by atoms with Crippen LogP contribution in [0.15, 0.2) is 36.4 Å². The van der Waals surface area contributed by atoms with Crippen molar-refractivity contribution in [2.24, 2.45) is 0 Å². The normalized spacial score (nSPS) is 18.7. The largest absolute Gasteiger partial charge is 0.493 e. The van der Waals surface area contributed by atoms with Crippen molar-refractivity contribution in [1.82, 2.24) is 0 Å². The number of benzene rings is 2. The molecule has 3 rings (SSSR count). The van der Waals surface area contributed by atoms with Crippen molar-refractivity contribution in [2.75, 3.05) is 51.0 Å². The number of ether oxygens (including phenoxy) is 3. The Balaban J connectivity index is 2.04. The standard InChI is InChI=1S/C21H26N2O3S2/c1-22(2)15-8-6-14(7-9-15)21-23(17(12-27)13-28-21)16-10-18(24-3)20(26-5)19(11-16)25-4/h6-12,17,21H,13H2,1-5H3. The summed E-state index contributed by atoms with van der Waals surface area (Å²) in [4.78, 5) is 4.43. The Kier molecular flexibility index (Phi) is 6.57. The first-order valence-corrected chi connectivity index (χ1v) is 10.5.